The van der Waals surface area contributed by atoms with E-state index in [1.54, 1.807) is 0 Å². The molecule has 1 aliphatic carbocycles. The van der Waals surface area contributed by atoms with Crippen molar-refractivity contribution in [1.29, 1.82) is 0 Å². The molecule has 2 aliphatic rings. The number of likely N-dealkylation sites (tertiary alicyclic amines) is 1. The highest BCUT2D eigenvalue weighted by Crippen LogP contribution is 2.31. The molecule has 24 heavy (non-hydrogen) atoms. The minimum absolute atomic E-state index is 0.0669. The van der Waals surface area contributed by atoms with Gasteiger partial charge in [0.2, 0.25) is 17.7 Å². The highest BCUT2D eigenvalue weighted by atomic mass is 16.5. The Balaban J connectivity index is 1.60. The molecule has 1 aromatic heterocycles. The molecule has 0 spiro atoms. The molecule has 3 rings (SSSR count). The lowest BCUT2D eigenvalue weighted by Crippen LogP contribution is -2.53. The Bertz CT molecular complexity index is 586. The van der Waals surface area contributed by atoms with Gasteiger partial charge in [0, 0.05) is 25.9 Å². The Labute approximate surface area is 142 Å². The van der Waals surface area contributed by atoms with Crippen LogP contribution in [0.25, 0.3) is 0 Å². The van der Waals surface area contributed by atoms with Gasteiger partial charge >= 0.3 is 0 Å². The predicted molar refractivity (Wildman–Crippen MR) is 87.2 cm³/mol. The average molecular weight is 334 g/mol. The number of carbonyl (C=O) groups is 2. The third-order valence-electron chi connectivity index (χ3n) is 5.20. The van der Waals surface area contributed by atoms with Crippen LogP contribution in [0.1, 0.15) is 63.1 Å². The van der Waals surface area contributed by atoms with Gasteiger partial charge in [-0.3, -0.25) is 9.59 Å². The zero-order valence-corrected chi connectivity index (χ0v) is 14.5. The van der Waals surface area contributed by atoms with E-state index < -0.39 is 0 Å². The van der Waals surface area contributed by atoms with Gasteiger partial charge in [-0.05, 0) is 38.5 Å². The lowest BCUT2D eigenvalue weighted by atomic mass is 9.93. The molecule has 1 atom stereocenters. The maximum absolute atomic E-state index is 12.9. The minimum Gasteiger partial charge on any atom is -0.344 e. The van der Waals surface area contributed by atoms with Gasteiger partial charge < -0.3 is 14.7 Å². The van der Waals surface area contributed by atoms with E-state index in [9.17, 15) is 9.59 Å². The van der Waals surface area contributed by atoms with E-state index in [2.05, 4.69) is 15.5 Å². The summed E-state index contributed by atoms with van der Waals surface area (Å²) in [6, 6.07) is -0.368. The first kappa shape index (κ1) is 16.9. The fourth-order valence-electron chi connectivity index (χ4n) is 3.91. The molecule has 1 aromatic rings. The van der Waals surface area contributed by atoms with Crippen LogP contribution in [0.5, 0.6) is 0 Å². The summed E-state index contributed by atoms with van der Waals surface area (Å²) in [6.07, 6.45) is 5.98. The van der Waals surface area contributed by atoms with Crippen LogP contribution in [0.15, 0.2) is 4.52 Å². The molecule has 1 saturated carbocycles. The summed E-state index contributed by atoms with van der Waals surface area (Å²) in [6.45, 7) is 4.64. The number of piperidine rings is 1. The van der Waals surface area contributed by atoms with E-state index in [4.69, 9.17) is 4.52 Å². The Morgan fingerprint density at radius 3 is 2.42 bits per heavy atom. The van der Waals surface area contributed by atoms with Gasteiger partial charge in [0.15, 0.2) is 5.82 Å². The van der Waals surface area contributed by atoms with Crippen LogP contribution in [-0.4, -0.2) is 46.0 Å². The van der Waals surface area contributed by atoms with Gasteiger partial charge in [0.05, 0.1) is 0 Å². The largest absolute Gasteiger partial charge is 0.344 e. The number of hydrogen-bond acceptors (Lipinski definition) is 5. The number of nitrogens with one attached hydrogen (secondary N) is 1. The third-order valence-corrected chi connectivity index (χ3v) is 5.20. The van der Waals surface area contributed by atoms with E-state index in [1.807, 2.05) is 11.8 Å². The third kappa shape index (κ3) is 3.76. The van der Waals surface area contributed by atoms with Crippen molar-refractivity contribution < 1.29 is 14.1 Å². The van der Waals surface area contributed by atoms with Gasteiger partial charge in [-0.1, -0.05) is 18.0 Å². The van der Waals surface area contributed by atoms with E-state index in [1.165, 1.54) is 6.92 Å². The first-order valence-corrected chi connectivity index (χ1v) is 8.90. The standard InChI is InChI=1S/C17H26N4O3/c1-11-18-16(24-20-11)14-7-9-21(10-8-14)17(23)15(19-12(2)22)13-5-3-4-6-13/h13-15H,3-10H2,1-2H3,(H,19,22). The van der Waals surface area contributed by atoms with Crippen LogP contribution < -0.4 is 5.32 Å². The van der Waals surface area contributed by atoms with E-state index >= 15 is 0 Å². The first-order valence-electron chi connectivity index (χ1n) is 8.90. The van der Waals surface area contributed by atoms with Gasteiger partial charge in [-0.2, -0.15) is 4.98 Å². The second-order valence-corrected chi connectivity index (χ2v) is 7.00. The van der Waals surface area contributed by atoms with Crippen molar-refractivity contribution in [2.24, 2.45) is 5.92 Å². The lowest BCUT2D eigenvalue weighted by molar-refractivity contribution is -0.138. The summed E-state index contributed by atoms with van der Waals surface area (Å²) in [5, 5.41) is 6.74. The maximum Gasteiger partial charge on any atom is 0.245 e. The topological polar surface area (TPSA) is 88.3 Å². The normalized spacial score (nSPS) is 21.0. The summed E-state index contributed by atoms with van der Waals surface area (Å²) < 4.78 is 5.26. The van der Waals surface area contributed by atoms with Crippen molar-refractivity contribution >= 4 is 11.8 Å². The Kier molecular flexibility index (Phi) is 5.16. The zero-order chi connectivity index (χ0) is 17.1. The fraction of sp³-hybridized carbons (Fsp3) is 0.765. The molecule has 1 aliphatic heterocycles. The lowest BCUT2D eigenvalue weighted by Gasteiger charge is -2.35. The molecule has 1 saturated heterocycles. The van der Waals surface area contributed by atoms with Crippen molar-refractivity contribution in [3.63, 3.8) is 0 Å². The fourth-order valence-corrected chi connectivity index (χ4v) is 3.91. The van der Waals surface area contributed by atoms with Gasteiger partial charge in [0.25, 0.3) is 0 Å². The maximum atomic E-state index is 12.9. The molecular formula is C17H26N4O3. The summed E-state index contributed by atoms with van der Waals surface area (Å²) in [7, 11) is 0. The minimum atomic E-state index is -0.368. The molecule has 2 heterocycles. The quantitative estimate of drug-likeness (QED) is 0.907. The molecule has 2 fully saturated rings. The Morgan fingerprint density at radius 1 is 1.21 bits per heavy atom. The molecule has 0 bridgehead atoms. The molecule has 0 radical (unpaired) electrons. The average Bonchev–Trinajstić information content (AvgIpc) is 3.23. The Hall–Kier alpha value is -1.92. The van der Waals surface area contributed by atoms with Crippen LogP contribution in [0.3, 0.4) is 0 Å². The number of nitrogens with zero attached hydrogens (tertiary/aromatic N) is 3. The molecule has 1 unspecified atom stereocenters. The molecule has 1 N–H and O–H groups in total. The second kappa shape index (κ2) is 7.32. The summed E-state index contributed by atoms with van der Waals surface area (Å²) in [4.78, 5) is 30.6. The number of carbonyl (C=O) groups excluding carboxylic acids is 2. The van der Waals surface area contributed by atoms with Gasteiger partial charge in [0.1, 0.15) is 6.04 Å². The molecule has 7 heteroatoms. The van der Waals surface area contributed by atoms with E-state index in [0.717, 1.165) is 38.5 Å². The monoisotopic (exact) mass is 334 g/mol. The molecule has 132 valence electrons. The summed E-state index contributed by atoms with van der Waals surface area (Å²) in [5.74, 6) is 1.76. The molecule has 2 amide bonds. The van der Waals surface area contributed by atoms with Crippen molar-refractivity contribution in [3.8, 4) is 0 Å². The zero-order valence-electron chi connectivity index (χ0n) is 14.5. The van der Waals surface area contributed by atoms with Crippen LogP contribution >= 0.6 is 0 Å². The van der Waals surface area contributed by atoms with E-state index in [0.29, 0.717) is 24.8 Å². The van der Waals surface area contributed by atoms with Gasteiger partial charge in [-0.25, -0.2) is 0 Å². The van der Waals surface area contributed by atoms with Crippen LogP contribution in [-0.2, 0) is 9.59 Å². The molecular weight excluding hydrogens is 308 g/mol. The Morgan fingerprint density at radius 2 is 1.88 bits per heavy atom. The van der Waals surface area contributed by atoms with Crippen molar-refractivity contribution in [2.75, 3.05) is 13.1 Å². The number of aromatic nitrogens is 2. The first-order chi connectivity index (χ1) is 11.5. The van der Waals surface area contributed by atoms with Crippen molar-refractivity contribution in [1.82, 2.24) is 20.4 Å². The SMILES string of the molecule is CC(=O)NC(C(=O)N1CCC(c2nc(C)no2)CC1)C1CCCC1. The number of rotatable bonds is 4. The van der Waals surface area contributed by atoms with Crippen LogP contribution in [0.2, 0.25) is 0 Å². The van der Waals surface area contributed by atoms with Crippen molar-refractivity contribution in [3.05, 3.63) is 11.7 Å². The highest BCUT2D eigenvalue weighted by molar-refractivity contribution is 5.87. The summed E-state index contributed by atoms with van der Waals surface area (Å²) >= 11 is 0. The number of hydrogen-bond donors (Lipinski definition) is 1. The smallest absolute Gasteiger partial charge is 0.245 e. The molecule has 7 nitrogen and oxygen atoms in total. The number of aryl methyl sites for hydroxylation is 1. The highest BCUT2D eigenvalue weighted by Gasteiger charge is 2.36. The second-order valence-electron chi connectivity index (χ2n) is 7.00. The molecule has 0 aromatic carbocycles. The van der Waals surface area contributed by atoms with E-state index in [-0.39, 0.29) is 29.7 Å². The van der Waals surface area contributed by atoms with Gasteiger partial charge in [-0.15, -0.1) is 0 Å². The summed E-state index contributed by atoms with van der Waals surface area (Å²) in [5.41, 5.74) is 0. The van der Waals surface area contributed by atoms with Crippen LogP contribution in [0, 0.1) is 12.8 Å². The number of amides is 2. The van der Waals surface area contributed by atoms with Crippen molar-refractivity contribution in [2.45, 2.75) is 64.3 Å². The predicted octanol–water partition coefficient (Wildman–Crippen LogP) is 1.78. The van der Waals surface area contributed by atoms with Crippen LogP contribution in [0.4, 0.5) is 0 Å².